The second kappa shape index (κ2) is 7.27. The topological polar surface area (TPSA) is 59.4 Å². The third-order valence-corrected chi connectivity index (χ3v) is 3.80. The number of aromatic nitrogens is 1. The molecule has 1 N–H and O–H groups in total. The van der Waals surface area contributed by atoms with E-state index in [1.165, 1.54) is 38.2 Å². The molecule has 0 aliphatic heterocycles. The molecule has 4 heteroatoms. The molecule has 0 bridgehead atoms. The number of aryl methyl sites for hydroxylation is 1. The van der Waals surface area contributed by atoms with Crippen LogP contribution in [0.5, 0.6) is 5.88 Å². The minimum absolute atomic E-state index is 0.266. The molecule has 0 atom stereocenters. The molecule has 1 aromatic heterocycles. The van der Waals surface area contributed by atoms with Gasteiger partial charge in [-0.25, -0.2) is 9.78 Å². The zero-order chi connectivity index (χ0) is 14.4. The van der Waals surface area contributed by atoms with Crippen molar-refractivity contribution in [2.75, 3.05) is 6.61 Å². The molecule has 1 aromatic rings. The van der Waals surface area contributed by atoms with Crippen molar-refractivity contribution in [3.8, 4) is 5.88 Å². The number of carbonyl (C=O) groups is 1. The summed E-state index contributed by atoms with van der Waals surface area (Å²) >= 11 is 0. The van der Waals surface area contributed by atoms with Crippen molar-refractivity contribution >= 4 is 5.97 Å². The average Bonchev–Trinajstić information content (AvgIpc) is 2.46. The van der Waals surface area contributed by atoms with E-state index in [0.717, 1.165) is 18.5 Å². The highest BCUT2D eigenvalue weighted by atomic mass is 16.5. The van der Waals surface area contributed by atoms with Crippen LogP contribution < -0.4 is 4.74 Å². The van der Waals surface area contributed by atoms with Crippen molar-refractivity contribution in [1.29, 1.82) is 0 Å². The van der Waals surface area contributed by atoms with Gasteiger partial charge in [-0.1, -0.05) is 32.6 Å². The maximum Gasteiger partial charge on any atom is 0.335 e. The highest BCUT2D eigenvalue weighted by Crippen LogP contribution is 2.24. The summed E-state index contributed by atoms with van der Waals surface area (Å²) in [5, 5.41) is 9.14. The van der Waals surface area contributed by atoms with Gasteiger partial charge in [-0.2, -0.15) is 0 Å². The highest BCUT2D eigenvalue weighted by Gasteiger charge is 2.15. The van der Waals surface area contributed by atoms with Gasteiger partial charge >= 0.3 is 5.97 Å². The summed E-state index contributed by atoms with van der Waals surface area (Å²) in [4.78, 5) is 15.5. The maximum absolute atomic E-state index is 11.1. The zero-order valence-electron chi connectivity index (χ0n) is 12.1. The third kappa shape index (κ3) is 4.22. The smallest absolute Gasteiger partial charge is 0.335 e. The van der Waals surface area contributed by atoms with Crippen molar-refractivity contribution in [2.24, 2.45) is 5.92 Å². The Balaban J connectivity index is 2.03. The fraction of sp³-hybridized carbons (Fsp3) is 0.625. The summed E-state index contributed by atoms with van der Waals surface area (Å²) in [6, 6.07) is 3.17. The number of ether oxygens (including phenoxy) is 1. The van der Waals surface area contributed by atoms with Gasteiger partial charge in [0.2, 0.25) is 5.88 Å². The van der Waals surface area contributed by atoms with Gasteiger partial charge in [0, 0.05) is 11.8 Å². The van der Waals surface area contributed by atoms with E-state index < -0.39 is 5.97 Å². The van der Waals surface area contributed by atoms with Crippen LogP contribution in [0.25, 0.3) is 0 Å². The standard InChI is InChI=1S/C16H23NO3/c1-2-6-14-9-13(16(18)19)10-15(17-14)20-11-12-7-4-3-5-8-12/h9-10,12H,2-8,11H2,1H3,(H,18,19). The summed E-state index contributed by atoms with van der Waals surface area (Å²) < 4.78 is 5.75. The first kappa shape index (κ1) is 14.8. The summed E-state index contributed by atoms with van der Waals surface area (Å²) in [5.74, 6) is 0.125. The Kier molecular flexibility index (Phi) is 5.39. The molecule has 0 spiro atoms. The molecule has 1 aliphatic rings. The lowest BCUT2D eigenvalue weighted by molar-refractivity contribution is 0.0695. The van der Waals surface area contributed by atoms with Crippen LogP contribution in [-0.4, -0.2) is 22.7 Å². The third-order valence-electron chi connectivity index (χ3n) is 3.80. The van der Waals surface area contributed by atoms with Crippen LogP contribution in [0.15, 0.2) is 12.1 Å². The molecule has 0 amide bonds. The monoisotopic (exact) mass is 277 g/mol. The largest absolute Gasteiger partial charge is 0.478 e. The second-order valence-corrected chi connectivity index (χ2v) is 5.56. The van der Waals surface area contributed by atoms with Crippen LogP contribution in [-0.2, 0) is 6.42 Å². The van der Waals surface area contributed by atoms with E-state index in [1.54, 1.807) is 6.07 Å². The Morgan fingerprint density at radius 3 is 2.75 bits per heavy atom. The minimum atomic E-state index is -0.924. The van der Waals surface area contributed by atoms with Gasteiger partial charge in [-0.15, -0.1) is 0 Å². The predicted molar refractivity (Wildman–Crippen MR) is 77.3 cm³/mol. The van der Waals surface area contributed by atoms with Crippen LogP contribution in [0.4, 0.5) is 0 Å². The summed E-state index contributed by atoms with van der Waals surface area (Å²) in [7, 11) is 0. The van der Waals surface area contributed by atoms with Crippen LogP contribution in [0.2, 0.25) is 0 Å². The molecular formula is C16H23NO3. The van der Waals surface area contributed by atoms with E-state index in [1.807, 2.05) is 0 Å². The van der Waals surface area contributed by atoms with Gasteiger partial charge in [-0.05, 0) is 31.2 Å². The average molecular weight is 277 g/mol. The lowest BCUT2D eigenvalue weighted by Gasteiger charge is -2.21. The molecule has 1 saturated carbocycles. The Labute approximate surface area is 120 Å². The molecule has 110 valence electrons. The summed E-state index contributed by atoms with van der Waals surface area (Å²) in [6.45, 7) is 2.71. The zero-order valence-corrected chi connectivity index (χ0v) is 12.1. The van der Waals surface area contributed by atoms with Crippen LogP contribution in [0.3, 0.4) is 0 Å². The Bertz CT molecular complexity index is 453. The van der Waals surface area contributed by atoms with Gasteiger partial charge < -0.3 is 9.84 Å². The van der Waals surface area contributed by atoms with E-state index in [2.05, 4.69) is 11.9 Å². The molecular weight excluding hydrogens is 254 g/mol. The van der Waals surface area contributed by atoms with Crippen molar-refractivity contribution in [3.05, 3.63) is 23.4 Å². The minimum Gasteiger partial charge on any atom is -0.478 e. The number of hydrogen-bond acceptors (Lipinski definition) is 3. The highest BCUT2D eigenvalue weighted by molar-refractivity contribution is 5.88. The van der Waals surface area contributed by atoms with Crippen LogP contribution >= 0.6 is 0 Å². The SMILES string of the molecule is CCCc1cc(C(=O)O)cc(OCC2CCCCC2)n1. The summed E-state index contributed by atoms with van der Waals surface area (Å²) in [5.41, 5.74) is 1.06. The molecule has 1 heterocycles. The molecule has 0 saturated heterocycles. The lowest BCUT2D eigenvalue weighted by Crippen LogP contribution is -2.16. The number of pyridine rings is 1. The van der Waals surface area contributed by atoms with E-state index in [0.29, 0.717) is 18.4 Å². The molecule has 1 aliphatic carbocycles. The van der Waals surface area contributed by atoms with Crippen molar-refractivity contribution in [2.45, 2.75) is 51.9 Å². The van der Waals surface area contributed by atoms with Crippen molar-refractivity contribution < 1.29 is 14.6 Å². The van der Waals surface area contributed by atoms with E-state index >= 15 is 0 Å². The molecule has 20 heavy (non-hydrogen) atoms. The fourth-order valence-corrected chi connectivity index (χ4v) is 2.70. The van der Waals surface area contributed by atoms with Crippen LogP contribution in [0, 0.1) is 5.92 Å². The van der Waals surface area contributed by atoms with Gasteiger partial charge in [0.15, 0.2) is 0 Å². The van der Waals surface area contributed by atoms with Gasteiger partial charge in [0.25, 0.3) is 0 Å². The van der Waals surface area contributed by atoms with Gasteiger partial charge in [0.1, 0.15) is 0 Å². The molecule has 1 fully saturated rings. The van der Waals surface area contributed by atoms with Gasteiger partial charge in [0.05, 0.1) is 12.2 Å². The van der Waals surface area contributed by atoms with Crippen molar-refractivity contribution in [3.63, 3.8) is 0 Å². The summed E-state index contributed by atoms with van der Waals surface area (Å²) in [6.07, 6.45) is 8.01. The predicted octanol–water partition coefficient (Wildman–Crippen LogP) is 3.69. The molecule has 0 radical (unpaired) electrons. The molecule has 2 rings (SSSR count). The number of nitrogens with zero attached hydrogens (tertiary/aromatic N) is 1. The number of rotatable bonds is 6. The van der Waals surface area contributed by atoms with Crippen molar-refractivity contribution in [1.82, 2.24) is 4.98 Å². The second-order valence-electron chi connectivity index (χ2n) is 5.56. The maximum atomic E-state index is 11.1. The fourth-order valence-electron chi connectivity index (χ4n) is 2.70. The van der Waals surface area contributed by atoms with E-state index in [4.69, 9.17) is 9.84 Å². The molecule has 0 unspecified atom stereocenters. The normalized spacial score (nSPS) is 16.1. The quantitative estimate of drug-likeness (QED) is 0.861. The number of carboxylic acid groups (broad SMARTS) is 1. The Morgan fingerprint density at radius 2 is 2.10 bits per heavy atom. The first-order valence-corrected chi connectivity index (χ1v) is 7.56. The first-order chi connectivity index (χ1) is 9.69. The molecule has 0 aromatic carbocycles. The Morgan fingerprint density at radius 1 is 1.35 bits per heavy atom. The Hall–Kier alpha value is -1.58. The first-order valence-electron chi connectivity index (χ1n) is 7.56. The van der Waals surface area contributed by atoms with Crippen LogP contribution in [0.1, 0.15) is 61.5 Å². The van der Waals surface area contributed by atoms with E-state index in [9.17, 15) is 4.79 Å². The van der Waals surface area contributed by atoms with Gasteiger partial charge in [-0.3, -0.25) is 0 Å². The number of carboxylic acids is 1. The number of hydrogen-bond donors (Lipinski definition) is 1. The number of aromatic carboxylic acids is 1. The molecule has 4 nitrogen and oxygen atoms in total. The lowest BCUT2D eigenvalue weighted by atomic mass is 9.90. The van der Waals surface area contributed by atoms with E-state index in [-0.39, 0.29) is 5.56 Å².